The highest BCUT2D eigenvalue weighted by molar-refractivity contribution is 5.74. The van der Waals surface area contributed by atoms with Gasteiger partial charge in [-0.25, -0.2) is 0 Å². The van der Waals surface area contributed by atoms with Crippen LogP contribution in [0.4, 0.5) is 11.4 Å². The van der Waals surface area contributed by atoms with E-state index in [2.05, 4.69) is 67.3 Å². The van der Waals surface area contributed by atoms with Crippen LogP contribution in [0.3, 0.4) is 0 Å². The van der Waals surface area contributed by atoms with Crippen molar-refractivity contribution >= 4 is 23.5 Å². The van der Waals surface area contributed by atoms with E-state index in [0.29, 0.717) is 0 Å². The monoisotopic (exact) mass is 621 g/mol. The quantitative estimate of drug-likeness (QED) is 0.0457. The van der Waals surface area contributed by atoms with Crippen molar-refractivity contribution < 1.29 is 4.92 Å². The van der Waals surface area contributed by atoms with Crippen molar-refractivity contribution in [2.75, 3.05) is 18.0 Å². The molecule has 0 atom stereocenters. The van der Waals surface area contributed by atoms with Crippen LogP contribution in [0, 0.1) is 21.4 Å². The predicted molar refractivity (Wildman–Crippen MR) is 196 cm³/mol. The summed E-state index contributed by atoms with van der Waals surface area (Å²) in [6.45, 7) is 6.83. The molecule has 0 N–H and O–H groups in total. The van der Waals surface area contributed by atoms with E-state index in [9.17, 15) is 15.4 Å². The zero-order chi connectivity index (χ0) is 32.8. The molecule has 0 saturated carbocycles. The van der Waals surface area contributed by atoms with E-state index in [1.807, 2.05) is 18.2 Å². The maximum absolute atomic E-state index is 11.1. The number of anilines is 1. The van der Waals surface area contributed by atoms with E-state index in [1.165, 1.54) is 126 Å². The Kier molecular flexibility index (Phi) is 17.3. The van der Waals surface area contributed by atoms with Crippen LogP contribution >= 0.6 is 0 Å². The molecule has 0 aliphatic rings. The number of nitro groups is 1. The second-order valence-corrected chi connectivity index (χ2v) is 12.6. The molecule has 0 unspecified atom stereocenters. The molecule has 246 valence electrons. The van der Waals surface area contributed by atoms with Crippen LogP contribution in [-0.2, 0) is 0 Å². The second-order valence-electron chi connectivity index (χ2n) is 12.6. The number of rotatable bonds is 23. The average Bonchev–Trinajstić information content (AvgIpc) is 3.08. The normalized spacial score (nSPS) is 11.2. The first kappa shape index (κ1) is 36.6. The minimum atomic E-state index is -0.524. The van der Waals surface area contributed by atoms with Crippen molar-refractivity contribution in [1.29, 1.82) is 5.26 Å². The largest absolute Gasteiger partial charge is 0.372 e. The lowest BCUT2D eigenvalue weighted by atomic mass is 10.0. The molecule has 0 saturated heterocycles. The second kappa shape index (κ2) is 21.8. The van der Waals surface area contributed by atoms with Gasteiger partial charge in [0.2, 0.25) is 0 Å². The standard InChI is InChI=1S/C41H55N3O2/c1-3-5-7-9-11-13-15-17-31-43(32-18-16-14-12-10-8-6-4-2)40-28-26-38(27-29-40)37-24-21-35(22-25-37)19-20-36-23-30-41(44(45)46)39(33-36)34-42/h19-30,33H,3-18,31-32H2,1-2H3/b20-19+. The van der Waals surface area contributed by atoms with Crippen LogP contribution in [0.2, 0.25) is 0 Å². The lowest BCUT2D eigenvalue weighted by Crippen LogP contribution is -2.25. The molecule has 0 heterocycles. The minimum Gasteiger partial charge on any atom is -0.372 e. The topological polar surface area (TPSA) is 70.2 Å². The summed E-state index contributed by atoms with van der Waals surface area (Å²) < 4.78 is 0. The Labute approximate surface area is 278 Å². The van der Waals surface area contributed by atoms with E-state index in [0.717, 1.165) is 24.2 Å². The van der Waals surface area contributed by atoms with Gasteiger partial charge in [-0.3, -0.25) is 10.1 Å². The van der Waals surface area contributed by atoms with Crippen molar-refractivity contribution in [3.63, 3.8) is 0 Å². The number of benzene rings is 3. The highest BCUT2D eigenvalue weighted by Gasteiger charge is 2.13. The van der Waals surface area contributed by atoms with Crippen molar-refractivity contribution in [2.24, 2.45) is 0 Å². The zero-order valence-corrected chi connectivity index (χ0v) is 28.4. The summed E-state index contributed by atoms with van der Waals surface area (Å²) in [6, 6.07) is 24.0. The number of nitriles is 1. The van der Waals surface area contributed by atoms with Gasteiger partial charge < -0.3 is 4.90 Å². The Balaban J connectivity index is 1.57. The summed E-state index contributed by atoms with van der Waals surface area (Å²) in [6.07, 6.45) is 25.4. The van der Waals surface area contributed by atoms with E-state index in [1.54, 1.807) is 12.1 Å². The molecule has 3 aromatic rings. The smallest absolute Gasteiger partial charge is 0.287 e. The van der Waals surface area contributed by atoms with Crippen LogP contribution in [0.1, 0.15) is 133 Å². The molecule has 0 aromatic heterocycles. The third-order valence-corrected chi connectivity index (χ3v) is 8.85. The Bertz CT molecular complexity index is 1340. The fraction of sp³-hybridized carbons (Fsp3) is 0.488. The number of unbranched alkanes of at least 4 members (excludes halogenated alkanes) is 14. The van der Waals surface area contributed by atoms with Gasteiger partial charge in [-0.2, -0.15) is 5.26 Å². The van der Waals surface area contributed by atoms with Crippen LogP contribution in [0.25, 0.3) is 23.3 Å². The van der Waals surface area contributed by atoms with Gasteiger partial charge in [-0.15, -0.1) is 0 Å². The molecule has 5 heteroatoms. The molecular formula is C41H55N3O2. The number of hydrogen-bond acceptors (Lipinski definition) is 4. The van der Waals surface area contributed by atoms with Gasteiger partial charge in [0.15, 0.2) is 0 Å². The Morgan fingerprint density at radius 1 is 0.630 bits per heavy atom. The third kappa shape index (κ3) is 13.2. The average molecular weight is 622 g/mol. The molecule has 3 rings (SSSR count). The summed E-state index contributed by atoms with van der Waals surface area (Å²) in [5.41, 5.74) is 5.38. The Hall–Kier alpha value is -3.91. The molecule has 0 fully saturated rings. The van der Waals surface area contributed by atoms with Crippen molar-refractivity contribution in [2.45, 2.75) is 117 Å². The van der Waals surface area contributed by atoms with Gasteiger partial charge >= 0.3 is 0 Å². The van der Waals surface area contributed by atoms with Gasteiger partial charge in [-0.05, 0) is 59.4 Å². The summed E-state index contributed by atoms with van der Waals surface area (Å²) in [5, 5.41) is 20.4. The van der Waals surface area contributed by atoms with Crippen molar-refractivity contribution in [1.82, 2.24) is 0 Å². The molecule has 0 spiro atoms. The molecule has 0 amide bonds. The number of hydrogen-bond donors (Lipinski definition) is 0. The fourth-order valence-electron chi connectivity index (χ4n) is 5.99. The maximum atomic E-state index is 11.1. The lowest BCUT2D eigenvalue weighted by molar-refractivity contribution is -0.385. The summed E-state index contributed by atoms with van der Waals surface area (Å²) >= 11 is 0. The molecule has 0 bridgehead atoms. The first-order chi connectivity index (χ1) is 22.5. The van der Waals surface area contributed by atoms with E-state index in [4.69, 9.17) is 0 Å². The fourth-order valence-corrected chi connectivity index (χ4v) is 5.99. The highest BCUT2D eigenvalue weighted by atomic mass is 16.6. The molecule has 0 radical (unpaired) electrons. The molecule has 46 heavy (non-hydrogen) atoms. The molecule has 5 nitrogen and oxygen atoms in total. The molecule has 0 aliphatic heterocycles. The Morgan fingerprint density at radius 3 is 1.54 bits per heavy atom. The number of nitrogens with zero attached hydrogens (tertiary/aromatic N) is 3. The molecule has 0 aliphatic carbocycles. The van der Waals surface area contributed by atoms with Gasteiger partial charge in [-0.1, -0.05) is 152 Å². The summed E-state index contributed by atoms with van der Waals surface area (Å²) in [7, 11) is 0. The first-order valence-corrected chi connectivity index (χ1v) is 17.9. The van der Waals surface area contributed by atoms with Crippen LogP contribution < -0.4 is 4.90 Å². The van der Waals surface area contributed by atoms with Crippen LogP contribution in [0.5, 0.6) is 0 Å². The highest BCUT2D eigenvalue weighted by Crippen LogP contribution is 2.26. The van der Waals surface area contributed by atoms with Gasteiger partial charge in [0.1, 0.15) is 11.6 Å². The predicted octanol–water partition coefficient (Wildman–Crippen LogP) is 12.4. The summed E-state index contributed by atoms with van der Waals surface area (Å²) in [5.74, 6) is 0. The van der Waals surface area contributed by atoms with Gasteiger partial charge in [0.25, 0.3) is 5.69 Å². The lowest BCUT2D eigenvalue weighted by Gasteiger charge is -2.25. The zero-order valence-electron chi connectivity index (χ0n) is 28.4. The van der Waals surface area contributed by atoms with E-state index >= 15 is 0 Å². The van der Waals surface area contributed by atoms with Crippen LogP contribution in [-0.4, -0.2) is 18.0 Å². The third-order valence-electron chi connectivity index (χ3n) is 8.85. The van der Waals surface area contributed by atoms with Crippen LogP contribution in [0.15, 0.2) is 66.7 Å². The molecule has 3 aromatic carbocycles. The summed E-state index contributed by atoms with van der Waals surface area (Å²) in [4.78, 5) is 13.2. The SMILES string of the molecule is CCCCCCCCCCN(CCCCCCCCCC)c1ccc(-c2ccc(/C=C/c3ccc([N+](=O)[O-])c(C#N)c3)cc2)cc1. The van der Waals surface area contributed by atoms with E-state index in [-0.39, 0.29) is 11.3 Å². The van der Waals surface area contributed by atoms with Gasteiger partial charge in [0, 0.05) is 24.8 Å². The first-order valence-electron chi connectivity index (χ1n) is 17.9. The van der Waals surface area contributed by atoms with Gasteiger partial charge in [0.05, 0.1) is 4.92 Å². The van der Waals surface area contributed by atoms with Crippen molar-refractivity contribution in [3.8, 4) is 17.2 Å². The Morgan fingerprint density at radius 2 is 1.07 bits per heavy atom. The van der Waals surface area contributed by atoms with E-state index < -0.39 is 4.92 Å². The minimum absolute atomic E-state index is 0.0696. The van der Waals surface area contributed by atoms with Crippen molar-refractivity contribution in [3.05, 3.63) is 93.5 Å². The number of nitro benzene ring substituents is 1. The molecular weight excluding hydrogens is 566 g/mol. The maximum Gasteiger partial charge on any atom is 0.287 e.